The Morgan fingerprint density at radius 1 is 1.27 bits per heavy atom. The van der Waals surface area contributed by atoms with Crippen molar-refractivity contribution in [2.75, 3.05) is 0 Å². The summed E-state index contributed by atoms with van der Waals surface area (Å²) in [5.41, 5.74) is 1.35. The highest BCUT2D eigenvalue weighted by Gasteiger charge is 1.87. The molecule has 11 heavy (non-hydrogen) atoms. The maximum atomic E-state index is 3.40. The molecule has 0 amide bonds. The molecule has 1 rings (SSSR count). The second-order valence-electron chi connectivity index (χ2n) is 2.40. The number of allylic oxidation sites excluding steroid dienone is 2. The van der Waals surface area contributed by atoms with Crippen LogP contribution in [-0.2, 0) is 6.42 Å². The fourth-order valence-electron chi connectivity index (χ4n) is 0.874. The van der Waals surface area contributed by atoms with E-state index in [-0.39, 0.29) is 0 Å². The molecule has 0 atom stereocenters. The van der Waals surface area contributed by atoms with E-state index in [0.29, 0.717) is 0 Å². The molecule has 0 nitrogen and oxygen atoms in total. The van der Waals surface area contributed by atoms with Gasteiger partial charge in [0, 0.05) is 4.47 Å². The first-order valence-electron chi connectivity index (χ1n) is 3.68. The lowest BCUT2D eigenvalue weighted by Crippen LogP contribution is -1.78. The first-order valence-corrected chi connectivity index (χ1v) is 4.48. The first kappa shape index (κ1) is 8.54. The van der Waals surface area contributed by atoms with E-state index < -0.39 is 0 Å². The zero-order chi connectivity index (χ0) is 8.10. The zero-order valence-corrected chi connectivity index (χ0v) is 8.14. The molecule has 0 aliphatic carbocycles. The van der Waals surface area contributed by atoms with Crippen LogP contribution in [0.5, 0.6) is 0 Å². The summed E-state index contributed by atoms with van der Waals surface area (Å²) < 4.78 is 1.14. The number of hydrogen-bond acceptors (Lipinski definition) is 0. The van der Waals surface area contributed by atoms with Gasteiger partial charge in [-0.3, -0.25) is 0 Å². The summed E-state index contributed by atoms with van der Waals surface area (Å²) in [6, 6.07) is 8.39. The predicted octanol–water partition coefficient (Wildman–Crippen LogP) is 3.57. The minimum absolute atomic E-state index is 1.03. The van der Waals surface area contributed by atoms with Crippen LogP contribution in [0.4, 0.5) is 0 Å². The average molecular weight is 211 g/mol. The lowest BCUT2D eigenvalue weighted by molar-refractivity contribution is 1.26. The second-order valence-corrected chi connectivity index (χ2v) is 3.32. The van der Waals surface area contributed by atoms with E-state index in [1.54, 1.807) is 0 Å². The SMILES string of the molecule is C/C=C/Cc1ccc(Br)cc1. The van der Waals surface area contributed by atoms with Crippen molar-refractivity contribution in [3.05, 3.63) is 46.5 Å². The normalized spacial score (nSPS) is 10.7. The van der Waals surface area contributed by atoms with Crippen LogP contribution in [0.15, 0.2) is 40.9 Å². The van der Waals surface area contributed by atoms with E-state index in [4.69, 9.17) is 0 Å². The van der Waals surface area contributed by atoms with Crippen molar-refractivity contribution in [3.8, 4) is 0 Å². The highest BCUT2D eigenvalue weighted by Crippen LogP contribution is 2.10. The lowest BCUT2D eigenvalue weighted by Gasteiger charge is -1.94. The first-order chi connectivity index (χ1) is 5.33. The largest absolute Gasteiger partial charge is 0.0913 e. The summed E-state index contributed by atoms with van der Waals surface area (Å²) in [7, 11) is 0. The van der Waals surface area contributed by atoms with Crippen LogP contribution in [0, 0.1) is 0 Å². The van der Waals surface area contributed by atoms with Gasteiger partial charge in [-0.15, -0.1) is 0 Å². The van der Waals surface area contributed by atoms with Crippen molar-refractivity contribution in [1.29, 1.82) is 0 Å². The van der Waals surface area contributed by atoms with Gasteiger partial charge in [-0.1, -0.05) is 40.2 Å². The summed E-state index contributed by atoms with van der Waals surface area (Å²) in [5.74, 6) is 0. The smallest absolute Gasteiger partial charge is 0.0175 e. The molecule has 1 aromatic rings. The van der Waals surface area contributed by atoms with Crippen LogP contribution in [0.1, 0.15) is 12.5 Å². The molecule has 0 unspecified atom stereocenters. The van der Waals surface area contributed by atoms with Crippen molar-refractivity contribution in [1.82, 2.24) is 0 Å². The zero-order valence-electron chi connectivity index (χ0n) is 6.55. The van der Waals surface area contributed by atoms with Gasteiger partial charge in [-0.25, -0.2) is 0 Å². The van der Waals surface area contributed by atoms with E-state index in [9.17, 15) is 0 Å². The van der Waals surface area contributed by atoms with E-state index in [2.05, 4.69) is 52.3 Å². The predicted molar refractivity (Wildman–Crippen MR) is 52.7 cm³/mol. The Kier molecular flexibility index (Phi) is 3.37. The monoisotopic (exact) mass is 210 g/mol. The van der Waals surface area contributed by atoms with Crippen molar-refractivity contribution in [2.24, 2.45) is 0 Å². The molecule has 0 aliphatic rings. The molecule has 0 radical (unpaired) electrons. The van der Waals surface area contributed by atoms with Gasteiger partial charge in [0.25, 0.3) is 0 Å². The van der Waals surface area contributed by atoms with Crippen molar-refractivity contribution >= 4 is 15.9 Å². The molecule has 0 spiro atoms. The Bertz CT molecular complexity index is 234. The molecular weight excluding hydrogens is 200 g/mol. The van der Waals surface area contributed by atoms with Crippen molar-refractivity contribution in [2.45, 2.75) is 13.3 Å². The van der Waals surface area contributed by atoms with E-state index in [1.807, 2.05) is 6.92 Å². The number of rotatable bonds is 2. The Balaban J connectivity index is 2.66. The second kappa shape index (κ2) is 4.35. The number of benzene rings is 1. The third kappa shape index (κ3) is 2.89. The maximum absolute atomic E-state index is 3.40. The highest BCUT2D eigenvalue weighted by molar-refractivity contribution is 9.10. The fraction of sp³-hybridized carbons (Fsp3) is 0.200. The molecule has 0 bridgehead atoms. The molecular formula is C10H11Br. The van der Waals surface area contributed by atoms with Gasteiger partial charge >= 0.3 is 0 Å². The van der Waals surface area contributed by atoms with E-state index >= 15 is 0 Å². The van der Waals surface area contributed by atoms with Gasteiger partial charge in [0.2, 0.25) is 0 Å². The highest BCUT2D eigenvalue weighted by atomic mass is 79.9. The average Bonchev–Trinajstić information content (AvgIpc) is 2.04. The molecule has 0 saturated heterocycles. The minimum atomic E-state index is 1.03. The maximum Gasteiger partial charge on any atom is 0.0175 e. The molecule has 1 heteroatoms. The summed E-state index contributed by atoms with van der Waals surface area (Å²) in [5, 5.41) is 0. The lowest BCUT2D eigenvalue weighted by atomic mass is 10.1. The third-order valence-electron chi connectivity index (χ3n) is 1.50. The van der Waals surface area contributed by atoms with Gasteiger partial charge in [-0.2, -0.15) is 0 Å². The third-order valence-corrected chi connectivity index (χ3v) is 2.03. The summed E-state index contributed by atoms with van der Waals surface area (Å²) in [6.45, 7) is 2.04. The molecule has 0 saturated carbocycles. The summed E-state index contributed by atoms with van der Waals surface area (Å²) in [4.78, 5) is 0. The van der Waals surface area contributed by atoms with Gasteiger partial charge in [0.05, 0.1) is 0 Å². The van der Waals surface area contributed by atoms with Crippen LogP contribution in [0.2, 0.25) is 0 Å². The van der Waals surface area contributed by atoms with Crippen molar-refractivity contribution < 1.29 is 0 Å². The standard InChI is InChI=1S/C10H11Br/c1-2-3-4-9-5-7-10(11)8-6-9/h2-3,5-8H,4H2,1H3/b3-2+. The topological polar surface area (TPSA) is 0 Å². The van der Waals surface area contributed by atoms with Gasteiger partial charge in [0.1, 0.15) is 0 Å². The van der Waals surface area contributed by atoms with Gasteiger partial charge in [0.15, 0.2) is 0 Å². The van der Waals surface area contributed by atoms with E-state index in [1.165, 1.54) is 5.56 Å². The molecule has 0 N–H and O–H groups in total. The van der Waals surface area contributed by atoms with Crippen LogP contribution >= 0.6 is 15.9 Å². The van der Waals surface area contributed by atoms with Gasteiger partial charge < -0.3 is 0 Å². The molecule has 0 aromatic heterocycles. The Morgan fingerprint density at radius 3 is 2.45 bits per heavy atom. The molecule has 0 heterocycles. The molecule has 0 aliphatic heterocycles. The molecule has 0 fully saturated rings. The minimum Gasteiger partial charge on any atom is -0.0913 e. The number of halogens is 1. The Morgan fingerprint density at radius 2 is 1.91 bits per heavy atom. The fourth-order valence-corrected chi connectivity index (χ4v) is 1.14. The van der Waals surface area contributed by atoms with Crippen LogP contribution in [0.25, 0.3) is 0 Å². The van der Waals surface area contributed by atoms with Crippen molar-refractivity contribution in [3.63, 3.8) is 0 Å². The van der Waals surface area contributed by atoms with E-state index in [0.717, 1.165) is 10.9 Å². The molecule has 1 aromatic carbocycles. The van der Waals surface area contributed by atoms with Crippen LogP contribution < -0.4 is 0 Å². The van der Waals surface area contributed by atoms with Gasteiger partial charge in [-0.05, 0) is 31.0 Å². The Hall–Kier alpha value is -0.560. The summed E-state index contributed by atoms with van der Waals surface area (Å²) in [6.07, 6.45) is 5.26. The molecule has 58 valence electrons. The Labute approximate surface area is 76.1 Å². The van der Waals surface area contributed by atoms with Crippen LogP contribution in [0.3, 0.4) is 0 Å². The van der Waals surface area contributed by atoms with Crippen LogP contribution in [-0.4, -0.2) is 0 Å². The summed E-state index contributed by atoms with van der Waals surface area (Å²) >= 11 is 3.40. The number of hydrogen-bond donors (Lipinski definition) is 0. The quantitative estimate of drug-likeness (QED) is 0.656.